The summed E-state index contributed by atoms with van der Waals surface area (Å²) in [4.78, 5) is 0. The van der Waals surface area contributed by atoms with Crippen LogP contribution in [0.4, 0.5) is 0 Å². The minimum atomic E-state index is -0.0580. The van der Waals surface area contributed by atoms with E-state index in [1.165, 1.54) is 160 Å². The molecule has 1 aromatic rings. The Morgan fingerprint density at radius 3 is 1.20 bits per heavy atom. The van der Waals surface area contributed by atoms with Crippen LogP contribution in [-0.4, -0.2) is 21.9 Å². The van der Waals surface area contributed by atoms with Gasteiger partial charge in [0.2, 0.25) is 0 Å². The molecule has 0 amide bonds. The van der Waals surface area contributed by atoms with Crippen LogP contribution in [0.2, 0.25) is 0 Å². The molecule has 282 valence electrons. The molecule has 0 aliphatic heterocycles. The van der Waals surface area contributed by atoms with Crippen molar-refractivity contribution in [2.24, 2.45) is 0 Å². The molecule has 0 radical (unpaired) electrons. The van der Waals surface area contributed by atoms with Crippen molar-refractivity contribution < 1.29 is 19.3 Å². The summed E-state index contributed by atoms with van der Waals surface area (Å²) < 4.78 is 21.3. The Hall–Kier alpha value is -1.10. The Balaban J connectivity index is 1.58. The third-order valence-electron chi connectivity index (χ3n) is 12.8. The van der Waals surface area contributed by atoms with Crippen molar-refractivity contribution in [1.29, 1.82) is 0 Å². The van der Waals surface area contributed by atoms with Crippen molar-refractivity contribution in [1.82, 2.24) is 0 Å². The first-order valence-corrected chi connectivity index (χ1v) is 21.7. The Bertz CT molecular complexity index is 1020. The SMILES string of the molecule is CCCCCCC1(OCc2ccc(O)c(COC3(CCCCCC)CCCCC3)c2COC2(CCCCCC)CCCCC2)CCCCC1. The van der Waals surface area contributed by atoms with E-state index >= 15 is 0 Å². The number of unbranched alkanes of at least 4 members (excludes halogenated alkanes) is 9. The second-order valence-corrected chi connectivity index (χ2v) is 16.7. The highest BCUT2D eigenvalue weighted by atomic mass is 16.5. The summed E-state index contributed by atoms with van der Waals surface area (Å²) in [5.74, 6) is 0.367. The zero-order chi connectivity index (χ0) is 34.7. The Labute approximate surface area is 303 Å². The quantitative estimate of drug-likeness (QED) is 0.110. The molecule has 3 aliphatic carbocycles. The molecule has 0 spiro atoms. The lowest BCUT2D eigenvalue weighted by atomic mass is 9.80. The van der Waals surface area contributed by atoms with Gasteiger partial charge < -0.3 is 19.3 Å². The van der Waals surface area contributed by atoms with E-state index in [0.29, 0.717) is 25.6 Å². The van der Waals surface area contributed by atoms with E-state index in [9.17, 15) is 5.11 Å². The molecular formula is C45H78O4. The second kappa shape index (κ2) is 22.1. The van der Waals surface area contributed by atoms with Gasteiger partial charge in [-0.15, -0.1) is 0 Å². The van der Waals surface area contributed by atoms with Crippen LogP contribution in [0.25, 0.3) is 0 Å². The molecule has 4 nitrogen and oxygen atoms in total. The smallest absolute Gasteiger partial charge is 0.121 e. The molecule has 0 bridgehead atoms. The van der Waals surface area contributed by atoms with Crippen LogP contribution in [0.1, 0.15) is 230 Å². The topological polar surface area (TPSA) is 47.9 Å². The lowest BCUT2D eigenvalue weighted by Gasteiger charge is -2.40. The average Bonchev–Trinajstić information content (AvgIpc) is 3.13. The van der Waals surface area contributed by atoms with E-state index < -0.39 is 0 Å². The number of hydrogen-bond donors (Lipinski definition) is 1. The van der Waals surface area contributed by atoms with Crippen molar-refractivity contribution in [3.63, 3.8) is 0 Å². The summed E-state index contributed by atoms with van der Waals surface area (Å²) in [6.07, 6.45) is 37.4. The van der Waals surface area contributed by atoms with Gasteiger partial charge in [0, 0.05) is 5.56 Å². The first kappa shape index (κ1) is 40.7. The first-order chi connectivity index (χ1) is 24.0. The summed E-state index contributed by atoms with van der Waals surface area (Å²) in [6.45, 7) is 8.51. The number of ether oxygens (including phenoxy) is 3. The number of aromatic hydroxyl groups is 1. The van der Waals surface area contributed by atoms with Crippen molar-refractivity contribution in [3.05, 3.63) is 28.8 Å². The first-order valence-electron chi connectivity index (χ1n) is 21.7. The molecular weight excluding hydrogens is 604 g/mol. The largest absolute Gasteiger partial charge is 0.508 e. The van der Waals surface area contributed by atoms with E-state index in [0.717, 1.165) is 49.7 Å². The third-order valence-corrected chi connectivity index (χ3v) is 12.8. The molecule has 1 N–H and O–H groups in total. The minimum absolute atomic E-state index is 0.00676. The van der Waals surface area contributed by atoms with Gasteiger partial charge >= 0.3 is 0 Å². The van der Waals surface area contributed by atoms with E-state index in [4.69, 9.17) is 14.2 Å². The second-order valence-electron chi connectivity index (χ2n) is 16.7. The fourth-order valence-electron chi connectivity index (χ4n) is 9.50. The Kier molecular flexibility index (Phi) is 18.3. The zero-order valence-corrected chi connectivity index (χ0v) is 32.7. The maximum absolute atomic E-state index is 11.5. The van der Waals surface area contributed by atoms with Gasteiger partial charge in [-0.3, -0.25) is 0 Å². The van der Waals surface area contributed by atoms with Crippen molar-refractivity contribution in [2.45, 2.75) is 250 Å². The van der Waals surface area contributed by atoms with Gasteiger partial charge in [-0.25, -0.2) is 0 Å². The number of hydrogen-bond acceptors (Lipinski definition) is 4. The van der Waals surface area contributed by atoms with Crippen LogP contribution >= 0.6 is 0 Å². The summed E-state index contributed by atoms with van der Waals surface area (Å²) in [5, 5.41) is 11.5. The molecule has 0 aromatic heterocycles. The van der Waals surface area contributed by atoms with Gasteiger partial charge in [0.15, 0.2) is 0 Å². The highest BCUT2D eigenvalue weighted by molar-refractivity contribution is 5.44. The Morgan fingerprint density at radius 1 is 0.449 bits per heavy atom. The van der Waals surface area contributed by atoms with Crippen LogP contribution in [0.5, 0.6) is 5.75 Å². The van der Waals surface area contributed by atoms with Crippen molar-refractivity contribution in [3.8, 4) is 5.75 Å². The molecule has 49 heavy (non-hydrogen) atoms. The molecule has 0 saturated heterocycles. The van der Waals surface area contributed by atoms with E-state index in [2.05, 4.69) is 26.8 Å². The monoisotopic (exact) mass is 683 g/mol. The maximum atomic E-state index is 11.5. The lowest BCUT2D eigenvalue weighted by Crippen LogP contribution is -2.36. The molecule has 3 aliphatic rings. The highest BCUT2D eigenvalue weighted by Gasteiger charge is 2.36. The minimum Gasteiger partial charge on any atom is -0.508 e. The van der Waals surface area contributed by atoms with E-state index in [1.54, 1.807) is 0 Å². The Morgan fingerprint density at radius 2 is 0.816 bits per heavy atom. The van der Waals surface area contributed by atoms with Gasteiger partial charge in [0.1, 0.15) is 5.75 Å². The molecule has 3 saturated carbocycles. The van der Waals surface area contributed by atoms with Gasteiger partial charge in [-0.2, -0.15) is 0 Å². The maximum Gasteiger partial charge on any atom is 0.121 e. The fourth-order valence-corrected chi connectivity index (χ4v) is 9.50. The normalized spacial score (nSPS) is 20.4. The molecule has 1 aromatic carbocycles. The molecule has 0 atom stereocenters. The highest BCUT2D eigenvalue weighted by Crippen LogP contribution is 2.42. The van der Waals surface area contributed by atoms with Crippen LogP contribution in [0, 0.1) is 0 Å². The van der Waals surface area contributed by atoms with Gasteiger partial charge in [-0.05, 0) is 75.0 Å². The number of rotatable bonds is 24. The van der Waals surface area contributed by atoms with Crippen LogP contribution in [0.15, 0.2) is 12.1 Å². The van der Waals surface area contributed by atoms with Crippen LogP contribution in [0.3, 0.4) is 0 Å². The molecule has 4 heteroatoms. The summed E-state index contributed by atoms with van der Waals surface area (Å²) in [5.41, 5.74) is 3.20. The van der Waals surface area contributed by atoms with Gasteiger partial charge in [0.05, 0.1) is 36.6 Å². The van der Waals surface area contributed by atoms with Crippen LogP contribution < -0.4 is 0 Å². The molecule has 0 unspecified atom stereocenters. The van der Waals surface area contributed by atoms with Crippen molar-refractivity contribution >= 4 is 0 Å². The standard InChI is InChI=1S/C45H78O4/c1-4-7-10-16-27-43(30-19-13-20-31-43)47-36-39-25-26-42(46)41(38-49-45(29-18-12-9-6-3)34-23-15-24-35-45)40(39)37-48-44(28-17-11-8-5-2)32-21-14-22-33-44/h25-26,46H,4-24,27-38H2,1-3H3. The third kappa shape index (κ3) is 13.1. The predicted octanol–water partition coefficient (Wildman–Crippen LogP) is 14.0. The van der Waals surface area contributed by atoms with Crippen LogP contribution in [-0.2, 0) is 34.0 Å². The van der Waals surface area contributed by atoms with E-state index in [1.807, 2.05) is 6.07 Å². The summed E-state index contributed by atoms with van der Waals surface area (Å²) >= 11 is 0. The fraction of sp³-hybridized carbons (Fsp3) is 0.867. The zero-order valence-electron chi connectivity index (χ0n) is 32.7. The van der Waals surface area contributed by atoms with Gasteiger partial charge in [-0.1, -0.05) is 162 Å². The number of phenols is 1. The van der Waals surface area contributed by atoms with E-state index in [-0.39, 0.29) is 16.8 Å². The predicted molar refractivity (Wildman–Crippen MR) is 206 cm³/mol. The average molecular weight is 683 g/mol. The lowest BCUT2D eigenvalue weighted by molar-refractivity contribution is -0.0978. The molecule has 0 heterocycles. The van der Waals surface area contributed by atoms with Crippen molar-refractivity contribution in [2.75, 3.05) is 0 Å². The molecule has 3 fully saturated rings. The number of phenolic OH excluding ortho intramolecular Hbond substituents is 1. The number of benzene rings is 1. The van der Waals surface area contributed by atoms with Gasteiger partial charge in [0.25, 0.3) is 0 Å². The summed E-state index contributed by atoms with van der Waals surface area (Å²) in [7, 11) is 0. The molecule has 4 rings (SSSR count). The summed E-state index contributed by atoms with van der Waals surface area (Å²) in [6, 6.07) is 4.06.